The van der Waals surface area contributed by atoms with E-state index in [1.165, 1.54) is 11.3 Å². The van der Waals surface area contributed by atoms with E-state index in [-0.39, 0.29) is 0 Å². The number of ether oxygens (including phenoxy) is 1. The van der Waals surface area contributed by atoms with Gasteiger partial charge in [0.15, 0.2) is 0 Å². The van der Waals surface area contributed by atoms with Gasteiger partial charge in [-0.25, -0.2) is 0 Å². The van der Waals surface area contributed by atoms with Gasteiger partial charge in [-0.15, -0.1) is 10.2 Å². The summed E-state index contributed by atoms with van der Waals surface area (Å²) in [5.41, 5.74) is 5.51. The average molecular weight is 214 g/mol. The molecule has 0 aromatic carbocycles. The molecule has 1 saturated heterocycles. The van der Waals surface area contributed by atoms with Crippen LogP contribution in [0.2, 0.25) is 0 Å². The van der Waals surface area contributed by atoms with Gasteiger partial charge in [0.05, 0.1) is 13.2 Å². The van der Waals surface area contributed by atoms with Gasteiger partial charge in [-0.2, -0.15) is 0 Å². The number of aromatic nitrogens is 2. The largest absolute Gasteiger partial charge is 0.380 e. The minimum Gasteiger partial charge on any atom is -0.380 e. The van der Waals surface area contributed by atoms with Crippen LogP contribution in [-0.2, 0) is 11.3 Å². The van der Waals surface area contributed by atoms with Crippen molar-refractivity contribution in [2.24, 2.45) is 0 Å². The van der Waals surface area contributed by atoms with Gasteiger partial charge in [0.25, 0.3) is 0 Å². The fraction of sp³-hybridized carbons (Fsp3) is 0.750. The van der Waals surface area contributed by atoms with Gasteiger partial charge in [0.1, 0.15) is 5.01 Å². The molecule has 1 atom stereocenters. The van der Waals surface area contributed by atoms with Crippen LogP contribution >= 0.6 is 11.3 Å². The summed E-state index contributed by atoms with van der Waals surface area (Å²) < 4.78 is 5.32. The van der Waals surface area contributed by atoms with E-state index in [2.05, 4.69) is 22.1 Å². The van der Waals surface area contributed by atoms with E-state index in [4.69, 9.17) is 10.5 Å². The van der Waals surface area contributed by atoms with E-state index in [1.54, 1.807) is 0 Å². The summed E-state index contributed by atoms with van der Waals surface area (Å²) >= 11 is 1.45. The number of hydrogen-bond donors (Lipinski definition) is 1. The van der Waals surface area contributed by atoms with Crippen LogP contribution in [0.15, 0.2) is 0 Å². The number of nitrogens with two attached hydrogens (primary N) is 1. The zero-order valence-electron chi connectivity index (χ0n) is 8.14. The van der Waals surface area contributed by atoms with Crippen molar-refractivity contribution in [3.05, 3.63) is 5.01 Å². The van der Waals surface area contributed by atoms with Crippen molar-refractivity contribution in [2.75, 3.05) is 26.0 Å². The maximum absolute atomic E-state index is 5.51. The number of rotatable bonds is 3. The highest BCUT2D eigenvalue weighted by atomic mass is 32.1. The van der Waals surface area contributed by atoms with Gasteiger partial charge in [0, 0.05) is 12.6 Å². The van der Waals surface area contributed by atoms with Gasteiger partial charge in [-0.1, -0.05) is 11.3 Å². The summed E-state index contributed by atoms with van der Waals surface area (Å²) in [6.07, 6.45) is 1.10. The van der Waals surface area contributed by atoms with E-state index in [9.17, 15) is 0 Å². The molecule has 0 radical (unpaired) electrons. The van der Waals surface area contributed by atoms with Gasteiger partial charge < -0.3 is 10.5 Å². The van der Waals surface area contributed by atoms with Crippen molar-refractivity contribution >= 4 is 16.5 Å². The molecule has 1 unspecified atom stereocenters. The number of nitrogen functional groups attached to an aromatic ring is 1. The zero-order chi connectivity index (χ0) is 9.97. The molecule has 14 heavy (non-hydrogen) atoms. The molecule has 2 heterocycles. The summed E-state index contributed by atoms with van der Waals surface area (Å²) in [5.74, 6) is 0. The van der Waals surface area contributed by atoms with Crippen LogP contribution in [0.1, 0.15) is 11.4 Å². The van der Waals surface area contributed by atoms with E-state index in [1.807, 2.05) is 0 Å². The molecule has 0 bridgehead atoms. The first-order chi connectivity index (χ1) is 6.75. The van der Waals surface area contributed by atoms with Gasteiger partial charge >= 0.3 is 0 Å². The minimum absolute atomic E-state index is 0.514. The Kier molecular flexibility index (Phi) is 2.95. The number of hydrogen-bond acceptors (Lipinski definition) is 6. The molecular weight excluding hydrogens is 200 g/mol. The molecule has 1 aromatic heterocycles. The average Bonchev–Trinajstić information content (AvgIpc) is 2.75. The zero-order valence-corrected chi connectivity index (χ0v) is 8.96. The van der Waals surface area contributed by atoms with Crippen molar-refractivity contribution in [3.8, 4) is 0 Å². The summed E-state index contributed by atoms with van der Waals surface area (Å²) in [5, 5.41) is 9.28. The minimum atomic E-state index is 0.514. The van der Waals surface area contributed by atoms with Crippen LogP contribution in [0.3, 0.4) is 0 Å². The predicted octanol–water partition coefficient (Wildman–Crippen LogP) is 0.341. The standard InChI is InChI=1S/C8H14N4OS/c1-12(6-2-3-13-5-6)4-7-10-11-8(9)14-7/h6H,2-5H2,1H3,(H2,9,11). The molecule has 1 aromatic rings. The molecule has 1 aliphatic rings. The molecule has 0 aliphatic carbocycles. The van der Waals surface area contributed by atoms with Crippen LogP contribution in [0, 0.1) is 0 Å². The lowest BCUT2D eigenvalue weighted by molar-refractivity contribution is 0.156. The van der Waals surface area contributed by atoms with Crippen LogP contribution in [-0.4, -0.2) is 41.4 Å². The summed E-state index contributed by atoms with van der Waals surface area (Å²) in [6, 6.07) is 0.514. The molecule has 1 aliphatic heterocycles. The van der Waals surface area contributed by atoms with Crippen molar-refractivity contribution in [2.45, 2.75) is 19.0 Å². The molecule has 2 rings (SSSR count). The first-order valence-corrected chi connectivity index (χ1v) is 5.43. The molecule has 0 saturated carbocycles. The second-order valence-electron chi connectivity index (χ2n) is 3.47. The lowest BCUT2D eigenvalue weighted by atomic mass is 10.2. The monoisotopic (exact) mass is 214 g/mol. The fourth-order valence-corrected chi connectivity index (χ4v) is 2.22. The Morgan fingerprint density at radius 2 is 2.50 bits per heavy atom. The van der Waals surface area contributed by atoms with Crippen LogP contribution < -0.4 is 5.73 Å². The van der Waals surface area contributed by atoms with Crippen molar-refractivity contribution in [1.29, 1.82) is 0 Å². The third-order valence-corrected chi connectivity index (χ3v) is 3.13. The number of anilines is 1. The predicted molar refractivity (Wildman–Crippen MR) is 55.0 cm³/mol. The summed E-state index contributed by atoms with van der Waals surface area (Å²) in [6.45, 7) is 2.50. The Labute approximate surface area is 86.9 Å². The van der Waals surface area contributed by atoms with Crippen LogP contribution in [0.5, 0.6) is 0 Å². The molecular formula is C8H14N4OS. The Morgan fingerprint density at radius 3 is 3.07 bits per heavy atom. The maximum atomic E-state index is 5.51. The highest BCUT2D eigenvalue weighted by Gasteiger charge is 2.21. The topological polar surface area (TPSA) is 64.3 Å². The summed E-state index contributed by atoms with van der Waals surface area (Å²) in [4.78, 5) is 2.24. The van der Waals surface area contributed by atoms with Crippen molar-refractivity contribution < 1.29 is 4.74 Å². The highest BCUT2D eigenvalue weighted by Crippen LogP contribution is 2.17. The number of nitrogens with zero attached hydrogens (tertiary/aromatic N) is 3. The Bertz CT molecular complexity index is 297. The van der Waals surface area contributed by atoms with E-state index in [0.29, 0.717) is 11.2 Å². The molecule has 0 amide bonds. The van der Waals surface area contributed by atoms with Gasteiger partial charge in [0.2, 0.25) is 5.13 Å². The highest BCUT2D eigenvalue weighted by molar-refractivity contribution is 7.15. The Hall–Kier alpha value is -0.720. The second-order valence-corrected chi connectivity index (χ2v) is 4.56. The third kappa shape index (κ3) is 2.20. The van der Waals surface area contributed by atoms with Crippen molar-refractivity contribution in [1.82, 2.24) is 15.1 Å². The molecule has 6 heteroatoms. The second kappa shape index (κ2) is 4.20. The smallest absolute Gasteiger partial charge is 0.203 e. The molecule has 2 N–H and O–H groups in total. The third-order valence-electron chi connectivity index (χ3n) is 2.40. The maximum Gasteiger partial charge on any atom is 0.203 e. The normalized spacial score (nSPS) is 22.0. The van der Waals surface area contributed by atoms with E-state index >= 15 is 0 Å². The summed E-state index contributed by atoms with van der Waals surface area (Å²) in [7, 11) is 2.08. The fourth-order valence-electron chi connectivity index (χ4n) is 1.54. The van der Waals surface area contributed by atoms with Gasteiger partial charge in [-0.05, 0) is 13.5 Å². The van der Waals surface area contributed by atoms with Gasteiger partial charge in [-0.3, -0.25) is 4.90 Å². The SMILES string of the molecule is CN(Cc1nnc(N)s1)C1CCOC1. The van der Waals surface area contributed by atoms with Crippen LogP contribution in [0.25, 0.3) is 0 Å². The van der Waals surface area contributed by atoms with E-state index < -0.39 is 0 Å². The lowest BCUT2D eigenvalue weighted by Gasteiger charge is -2.20. The molecule has 78 valence electrons. The Balaban J connectivity index is 1.90. The lowest BCUT2D eigenvalue weighted by Crippen LogP contribution is -2.31. The first-order valence-electron chi connectivity index (χ1n) is 4.61. The Morgan fingerprint density at radius 1 is 1.64 bits per heavy atom. The quantitative estimate of drug-likeness (QED) is 0.786. The van der Waals surface area contributed by atoms with Crippen LogP contribution in [0.4, 0.5) is 5.13 Å². The molecule has 0 spiro atoms. The molecule has 5 nitrogen and oxygen atoms in total. The number of likely N-dealkylation sites (N-methyl/N-ethyl adjacent to an activating group) is 1. The first kappa shape index (κ1) is 9.82. The van der Waals surface area contributed by atoms with E-state index in [0.717, 1.165) is 31.2 Å². The molecule has 1 fully saturated rings. The van der Waals surface area contributed by atoms with Crippen molar-refractivity contribution in [3.63, 3.8) is 0 Å².